The molecule has 0 spiro atoms. The molecule has 0 nitrogen and oxygen atoms in total. The predicted molar refractivity (Wildman–Crippen MR) is 511 cm³/mol. The van der Waals surface area contributed by atoms with Crippen LogP contribution in [0.1, 0.15) is 0 Å². The Morgan fingerprint density at radius 3 is 0.161 bits per heavy atom. The van der Waals surface area contributed by atoms with Gasteiger partial charge in [0.05, 0.1) is 0 Å². The van der Waals surface area contributed by atoms with Gasteiger partial charge in [-0.1, -0.05) is 546 Å². The van der Waals surface area contributed by atoms with Crippen molar-refractivity contribution in [1.82, 2.24) is 0 Å². The van der Waals surface area contributed by atoms with E-state index in [-0.39, 0.29) is 56.7 Å². The molecular formula is C108H90Cl3P6Rh. The number of hydrogen-bond acceptors (Lipinski definition) is 0. The van der Waals surface area contributed by atoms with E-state index in [1.807, 2.05) is 0 Å². The van der Waals surface area contributed by atoms with Crippen molar-refractivity contribution < 1.29 is 56.7 Å². The molecule has 0 heterocycles. The molecule has 0 aliphatic heterocycles. The van der Waals surface area contributed by atoms with Crippen LogP contribution in [0.5, 0.6) is 0 Å². The second-order valence-corrected chi connectivity index (χ2v) is 39.4. The van der Waals surface area contributed by atoms with Crippen LogP contribution in [0.2, 0.25) is 0 Å². The number of rotatable bonds is 18. The van der Waals surface area contributed by atoms with Crippen LogP contribution in [0.25, 0.3) is 0 Å². The Balaban J connectivity index is 0.000000160. The van der Waals surface area contributed by atoms with E-state index in [1.54, 1.807) is 0 Å². The van der Waals surface area contributed by atoms with Crippen LogP contribution in [-0.4, -0.2) is 0 Å². The van der Waals surface area contributed by atoms with Crippen molar-refractivity contribution >= 4 is 143 Å². The second-order valence-electron chi connectivity index (χ2n) is 26.1. The molecule has 0 N–H and O–H groups in total. The summed E-state index contributed by atoms with van der Waals surface area (Å²) in [5.74, 6) is 0. The van der Waals surface area contributed by atoms with Gasteiger partial charge in [0, 0.05) is 0 Å². The third kappa shape index (κ3) is 27.6. The first kappa shape index (κ1) is 91.9. The SMILES string of the molecule is [Cl-].[Cl-].[Cl-].[Rh+3].c1ccc(P(c2ccccc2)c2ccccc2)cc1.c1ccc(P(c2ccccc2)c2ccccc2)cc1.c1ccc(P(c2ccccc2)c2ccccc2)cc1.c1ccc(P(c2ccccc2)c2ccccc2)cc1.c1ccc(P(c2ccccc2)c2ccccc2)cc1.c1ccc(P(c2ccccc2)c2ccccc2)cc1. The van der Waals surface area contributed by atoms with Gasteiger partial charge in [-0.05, 0) is 143 Å². The first-order valence-corrected chi connectivity index (χ1v) is 46.5. The molecule has 10 heteroatoms. The van der Waals surface area contributed by atoms with Gasteiger partial charge in [-0.2, -0.15) is 0 Å². The van der Waals surface area contributed by atoms with Crippen LogP contribution in [0.4, 0.5) is 0 Å². The molecule has 0 atom stereocenters. The summed E-state index contributed by atoms with van der Waals surface area (Å²) in [6.07, 6.45) is 0. The van der Waals surface area contributed by atoms with Gasteiger partial charge in [0.15, 0.2) is 0 Å². The Morgan fingerprint density at radius 1 is 0.0763 bits per heavy atom. The number of halogens is 3. The van der Waals surface area contributed by atoms with E-state index in [4.69, 9.17) is 0 Å². The van der Waals surface area contributed by atoms with Crippen LogP contribution >= 0.6 is 47.5 Å². The maximum Gasteiger partial charge on any atom is 3.00 e. The number of hydrogen-bond donors (Lipinski definition) is 0. The summed E-state index contributed by atoms with van der Waals surface area (Å²) < 4.78 is 0. The molecule has 0 aliphatic carbocycles. The molecule has 118 heavy (non-hydrogen) atoms. The zero-order chi connectivity index (χ0) is 77.5. The third-order valence-corrected chi connectivity index (χ3v) is 32.9. The average molecular weight is 1780 g/mol. The minimum atomic E-state index is -0.446. The summed E-state index contributed by atoms with van der Waals surface area (Å²) >= 11 is 0. The normalized spacial score (nSPS) is 10.2. The minimum Gasteiger partial charge on any atom is -1.00 e. The summed E-state index contributed by atoms with van der Waals surface area (Å²) in [5.41, 5.74) is 0. The van der Waals surface area contributed by atoms with Crippen molar-refractivity contribution in [2.45, 2.75) is 0 Å². The molecule has 0 saturated heterocycles. The first-order chi connectivity index (χ1) is 56.7. The van der Waals surface area contributed by atoms with E-state index in [1.165, 1.54) is 95.5 Å². The average Bonchev–Trinajstić information content (AvgIpc) is 0.854. The molecule has 0 fully saturated rings. The zero-order valence-electron chi connectivity index (χ0n) is 65.1. The molecule has 0 unspecified atom stereocenters. The van der Waals surface area contributed by atoms with Crippen molar-refractivity contribution in [2.24, 2.45) is 0 Å². The maximum absolute atomic E-state index is 2.23. The van der Waals surface area contributed by atoms with Gasteiger partial charge < -0.3 is 37.2 Å². The fraction of sp³-hybridized carbons (Fsp3) is 0. The van der Waals surface area contributed by atoms with Crippen molar-refractivity contribution in [3.8, 4) is 0 Å². The Labute approximate surface area is 739 Å². The smallest absolute Gasteiger partial charge is 1.00 e. The Kier molecular flexibility index (Phi) is 40.6. The molecule has 0 radical (unpaired) electrons. The molecule has 0 aromatic heterocycles. The Bertz CT molecular complexity index is 4090. The van der Waals surface area contributed by atoms with E-state index >= 15 is 0 Å². The van der Waals surface area contributed by atoms with Gasteiger partial charge in [-0.3, -0.25) is 0 Å². The molecule has 0 bridgehead atoms. The monoisotopic (exact) mass is 1780 g/mol. The van der Waals surface area contributed by atoms with Gasteiger partial charge in [0.25, 0.3) is 0 Å². The largest absolute Gasteiger partial charge is 3.00 e. The summed E-state index contributed by atoms with van der Waals surface area (Å²) in [5, 5.41) is 25.2. The van der Waals surface area contributed by atoms with Crippen molar-refractivity contribution in [2.75, 3.05) is 0 Å². The van der Waals surface area contributed by atoms with E-state index in [0.717, 1.165) is 0 Å². The van der Waals surface area contributed by atoms with Crippen molar-refractivity contribution in [3.63, 3.8) is 0 Å². The maximum atomic E-state index is 2.23. The fourth-order valence-corrected chi connectivity index (χ4v) is 26.9. The van der Waals surface area contributed by atoms with Gasteiger partial charge in [-0.25, -0.2) is 0 Å². The summed E-state index contributed by atoms with van der Waals surface area (Å²) in [4.78, 5) is 0. The predicted octanol–water partition coefficient (Wildman–Crippen LogP) is 11.7. The molecule has 582 valence electrons. The van der Waals surface area contributed by atoms with Crippen molar-refractivity contribution in [3.05, 3.63) is 546 Å². The van der Waals surface area contributed by atoms with Gasteiger partial charge in [-0.15, -0.1) is 0 Å². The van der Waals surface area contributed by atoms with E-state index in [0.29, 0.717) is 0 Å². The van der Waals surface area contributed by atoms with E-state index < -0.39 is 47.5 Å². The van der Waals surface area contributed by atoms with Crippen LogP contribution in [0.15, 0.2) is 546 Å². The standard InChI is InChI=1S/6C18H15P.3ClH.Rh/c6*1-4-10-16(11-5-1)19(17-12-6-2-7-13-17)18-14-8-3-9-15-18;;;;/h6*1-15H;3*1H;/q;;;;;;;;;+3/p-3. The van der Waals surface area contributed by atoms with Gasteiger partial charge in [0.1, 0.15) is 0 Å². The first-order valence-electron chi connectivity index (χ1n) is 38.4. The summed E-state index contributed by atoms with van der Waals surface area (Å²) in [6, 6.07) is 194. The third-order valence-electron chi connectivity index (χ3n) is 18.3. The molecule has 18 rings (SSSR count). The van der Waals surface area contributed by atoms with Gasteiger partial charge >= 0.3 is 19.5 Å². The molecular weight excluding hydrogens is 1690 g/mol. The quantitative estimate of drug-likeness (QED) is 0.0593. The van der Waals surface area contributed by atoms with Crippen LogP contribution in [0.3, 0.4) is 0 Å². The zero-order valence-corrected chi connectivity index (χ0v) is 74.4. The van der Waals surface area contributed by atoms with Crippen LogP contribution < -0.4 is 133 Å². The fourth-order valence-electron chi connectivity index (χ4n) is 13.1. The molecule has 0 aliphatic rings. The molecule has 0 saturated carbocycles. The van der Waals surface area contributed by atoms with Gasteiger partial charge in [0.2, 0.25) is 0 Å². The Hall–Kier alpha value is -9.97. The Morgan fingerprint density at radius 2 is 0.119 bits per heavy atom. The topological polar surface area (TPSA) is 0 Å². The second kappa shape index (κ2) is 52.1. The van der Waals surface area contributed by atoms with E-state index in [9.17, 15) is 0 Å². The van der Waals surface area contributed by atoms with Crippen molar-refractivity contribution in [1.29, 1.82) is 0 Å². The summed E-state index contributed by atoms with van der Waals surface area (Å²) in [6.45, 7) is 0. The molecule has 18 aromatic carbocycles. The number of benzene rings is 18. The summed E-state index contributed by atoms with van der Waals surface area (Å²) in [7, 11) is -2.68. The van der Waals surface area contributed by atoms with Crippen LogP contribution in [0, 0.1) is 0 Å². The molecule has 18 aromatic rings. The molecule has 0 amide bonds. The van der Waals surface area contributed by atoms with E-state index in [2.05, 4.69) is 546 Å². The minimum absolute atomic E-state index is 0. The van der Waals surface area contributed by atoms with Crippen LogP contribution in [-0.2, 0) is 19.5 Å².